The second-order valence-electron chi connectivity index (χ2n) is 6.10. The number of hydrogen-bond acceptors (Lipinski definition) is 8. The molecule has 0 fully saturated rings. The lowest BCUT2D eigenvalue weighted by Crippen LogP contribution is -2.09. The summed E-state index contributed by atoms with van der Waals surface area (Å²) < 4.78 is 19.3. The molecule has 3 heterocycles. The fourth-order valence-electron chi connectivity index (χ4n) is 3.00. The standard InChI is InChI=1S/C19H18N6O5/c1-28-13-7-11(8-14(29-2)17(13)30-3)24-9-15(20-10-24)21-19-22-16(18(26)27)12-5-4-6-25(12)23-19/h4-10H,1-3H3,(H,21,23)(H,26,27). The second kappa shape index (κ2) is 7.62. The number of ether oxygens (including phenoxy) is 3. The van der Waals surface area contributed by atoms with Gasteiger partial charge in [-0.1, -0.05) is 0 Å². The Kier molecular flexibility index (Phi) is 4.84. The highest BCUT2D eigenvalue weighted by Crippen LogP contribution is 2.39. The van der Waals surface area contributed by atoms with E-state index in [1.54, 1.807) is 47.6 Å². The molecule has 0 aliphatic heterocycles. The average molecular weight is 410 g/mol. The van der Waals surface area contributed by atoms with Crippen LogP contribution < -0.4 is 19.5 Å². The number of nitrogens with zero attached hydrogens (tertiary/aromatic N) is 5. The topological polar surface area (TPSA) is 125 Å². The fraction of sp³-hybridized carbons (Fsp3) is 0.158. The lowest BCUT2D eigenvalue weighted by Gasteiger charge is -2.14. The molecule has 30 heavy (non-hydrogen) atoms. The number of aromatic carboxylic acids is 1. The molecule has 154 valence electrons. The Morgan fingerprint density at radius 1 is 1.13 bits per heavy atom. The molecule has 4 rings (SSSR count). The molecule has 11 heteroatoms. The first-order valence-electron chi connectivity index (χ1n) is 8.74. The van der Waals surface area contributed by atoms with Gasteiger partial charge in [0.15, 0.2) is 23.0 Å². The van der Waals surface area contributed by atoms with E-state index in [4.69, 9.17) is 14.2 Å². The molecule has 1 aromatic carbocycles. The van der Waals surface area contributed by atoms with Crippen molar-refractivity contribution in [3.63, 3.8) is 0 Å². The minimum Gasteiger partial charge on any atom is -0.493 e. The van der Waals surface area contributed by atoms with Crippen molar-refractivity contribution in [1.29, 1.82) is 0 Å². The molecule has 0 aliphatic rings. The Hall–Kier alpha value is -4.28. The third-order valence-corrected chi connectivity index (χ3v) is 4.36. The maximum Gasteiger partial charge on any atom is 0.356 e. The lowest BCUT2D eigenvalue weighted by atomic mass is 10.2. The van der Waals surface area contributed by atoms with Gasteiger partial charge in [-0.3, -0.25) is 0 Å². The van der Waals surface area contributed by atoms with E-state index in [1.807, 2.05) is 0 Å². The molecule has 0 radical (unpaired) electrons. The van der Waals surface area contributed by atoms with E-state index in [0.717, 1.165) is 5.69 Å². The summed E-state index contributed by atoms with van der Waals surface area (Å²) in [5.74, 6) is 0.867. The van der Waals surface area contributed by atoms with Crippen LogP contribution in [0.4, 0.5) is 11.8 Å². The Morgan fingerprint density at radius 3 is 2.50 bits per heavy atom. The monoisotopic (exact) mass is 410 g/mol. The minimum absolute atomic E-state index is 0.103. The summed E-state index contributed by atoms with van der Waals surface area (Å²) in [6.45, 7) is 0. The fourth-order valence-corrected chi connectivity index (χ4v) is 3.00. The molecule has 0 unspecified atom stereocenters. The molecule has 2 N–H and O–H groups in total. The zero-order chi connectivity index (χ0) is 21.3. The van der Waals surface area contributed by atoms with Crippen LogP contribution in [0.3, 0.4) is 0 Å². The van der Waals surface area contributed by atoms with Crippen LogP contribution in [0.2, 0.25) is 0 Å². The van der Waals surface area contributed by atoms with E-state index in [0.29, 0.717) is 28.6 Å². The van der Waals surface area contributed by atoms with Crippen molar-refractivity contribution in [2.24, 2.45) is 0 Å². The van der Waals surface area contributed by atoms with Gasteiger partial charge in [0.2, 0.25) is 11.7 Å². The normalized spacial score (nSPS) is 10.8. The maximum absolute atomic E-state index is 11.5. The number of anilines is 2. The molecule has 0 amide bonds. The SMILES string of the molecule is COc1cc(-n2cnc(Nc3nc(C(=O)O)c4cccn4n3)c2)cc(OC)c1OC. The Labute approximate surface area is 170 Å². The highest BCUT2D eigenvalue weighted by Gasteiger charge is 2.16. The molecule has 0 aliphatic carbocycles. The van der Waals surface area contributed by atoms with E-state index >= 15 is 0 Å². The van der Waals surface area contributed by atoms with E-state index in [-0.39, 0.29) is 11.6 Å². The smallest absolute Gasteiger partial charge is 0.356 e. The summed E-state index contributed by atoms with van der Waals surface area (Å²) in [5, 5.41) is 16.6. The zero-order valence-electron chi connectivity index (χ0n) is 16.4. The van der Waals surface area contributed by atoms with Gasteiger partial charge in [-0.2, -0.15) is 0 Å². The van der Waals surface area contributed by atoms with Crippen LogP contribution in [0.1, 0.15) is 10.5 Å². The van der Waals surface area contributed by atoms with Gasteiger partial charge in [0.1, 0.15) is 6.33 Å². The van der Waals surface area contributed by atoms with Crippen molar-refractivity contribution in [3.05, 3.63) is 48.7 Å². The molecule has 0 spiro atoms. The summed E-state index contributed by atoms with van der Waals surface area (Å²) >= 11 is 0. The predicted molar refractivity (Wildman–Crippen MR) is 106 cm³/mol. The highest BCUT2D eigenvalue weighted by atomic mass is 16.5. The number of rotatable bonds is 7. The number of carboxylic acids is 1. The van der Waals surface area contributed by atoms with Crippen molar-refractivity contribution in [2.75, 3.05) is 26.6 Å². The minimum atomic E-state index is -1.15. The van der Waals surface area contributed by atoms with Crippen LogP contribution in [0.15, 0.2) is 43.0 Å². The Morgan fingerprint density at radius 2 is 1.87 bits per heavy atom. The molecule has 4 aromatic rings. The van der Waals surface area contributed by atoms with Gasteiger partial charge in [0, 0.05) is 18.3 Å². The van der Waals surface area contributed by atoms with Crippen molar-refractivity contribution < 1.29 is 24.1 Å². The average Bonchev–Trinajstić information content (AvgIpc) is 3.41. The first kappa shape index (κ1) is 19.1. The van der Waals surface area contributed by atoms with Crippen LogP contribution in [0, 0.1) is 0 Å². The van der Waals surface area contributed by atoms with Crippen molar-refractivity contribution >= 4 is 23.3 Å². The van der Waals surface area contributed by atoms with E-state index < -0.39 is 5.97 Å². The number of methoxy groups -OCH3 is 3. The molecule has 0 saturated heterocycles. The number of fused-ring (bicyclic) bond motifs is 1. The number of aromatic nitrogens is 5. The molecular weight excluding hydrogens is 392 g/mol. The van der Waals surface area contributed by atoms with Gasteiger partial charge in [0.05, 0.1) is 38.7 Å². The quantitative estimate of drug-likeness (QED) is 0.472. The number of carboxylic acid groups (broad SMARTS) is 1. The number of imidazole rings is 1. The lowest BCUT2D eigenvalue weighted by molar-refractivity contribution is 0.0692. The van der Waals surface area contributed by atoms with Crippen molar-refractivity contribution in [2.45, 2.75) is 0 Å². The van der Waals surface area contributed by atoms with Gasteiger partial charge in [-0.25, -0.2) is 19.3 Å². The largest absolute Gasteiger partial charge is 0.493 e. The van der Waals surface area contributed by atoms with Crippen LogP contribution in [-0.4, -0.2) is 56.6 Å². The number of hydrogen-bond donors (Lipinski definition) is 2. The Balaban J connectivity index is 1.67. The van der Waals surface area contributed by atoms with Crippen LogP contribution >= 0.6 is 0 Å². The number of carbonyl (C=O) groups is 1. The van der Waals surface area contributed by atoms with Gasteiger partial charge < -0.3 is 29.2 Å². The zero-order valence-corrected chi connectivity index (χ0v) is 16.4. The van der Waals surface area contributed by atoms with E-state index in [2.05, 4.69) is 20.4 Å². The summed E-state index contributed by atoms with van der Waals surface area (Å²) in [4.78, 5) is 19.9. The van der Waals surface area contributed by atoms with Gasteiger partial charge >= 0.3 is 5.97 Å². The van der Waals surface area contributed by atoms with Gasteiger partial charge in [-0.15, -0.1) is 5.10 Å². The van der Waals surface area contributed by atoms with E-state index in [9.17, 15) is 9.90 Å². The van der Waals surface area contributed by atoms with E-state index in [1.165, 1.54) is 25.8 Å². The van der Waals surface area contributed by atoms with Gasteiger partial charge in [0.25, 0.3) is 0 Å². The maximum atomic E-state index is 11.5. The summed E-state index contributed by atoms with van der Waals surface area (Å²) in [7, 11) is 4.61. The summed E-state index contributed by atoms with van der Waals surface area (Å²) in [6.07, 6.45) is 4.92. The Bertz CT molecular complexity index is 1210. The molecule has 0 bridgehead atoms. The summed E-state index contributed by atoms with van der Waals surface area (Å²) in [6, 6.07) is 6.88. The van der Waals surface area contributed by atoms with Crippen LogP contribution in [0.25, 0.3) is 11.2 Å². The van der Waals surface area contributed by atoms with Crippen molar-refractivity contribution in [1.82, 2.24) is 24.1 Å². The predicted octanol–water partition coefficient (Wildman–Crippen LogP) is 2.38. The third-order valence-electron chi connectivity index (χ3n) is 4.36. The highest BCUT2D eigenvalue weighted by molar-refractivity contribution is 5.93. The van der Waals surface area contributed by atoms with Crippen molar-refractivity contribution in [3.8, 4) is 22.9 Å². The second-order valence-corrected chi connectivity index (χ2v) is 6.10. The van der Waals surface area contributed by atoms with Gasteiger partial charge in [-0.05, 0) is 12.1 Å². The number of nitrogens with one attached hydrogen (secondary N) is 1. The molecule has 0 atom stereocenters. The summed E-state index contributed by atoms with van der Waals surface area (Å²) in [5.41, 5.74) is 1.01. The first-order valence-corrected chi connectivity index (χ1v) is 8.74. The molecular formula is C19H18N6O5. The van der Waals surface area contributed by atoms with Crippen LogP contribution in [0.5, 0.6) is 17.2 Å². The van der Waals surface area contributed by atoms with Crippen LogP contribution in [-0.2, 0) is 0 Å². The molecule has 0 saturated carbocycles. The number of benzene rings is 1. The third kappa shape index (κ3) is 3.32. The molecule has 3 aromatic heterocycles. The molecule has 11 nitrogen and oxygen atoms in total. The first-order chi connectivity index (χ1) is 14.5.